The molecule has 3 aromatic rings. The van der Waals surface area contributed by atoms with E-state index in [1.807, 2.05) is 18.2 Å². The van der Waals surface area contributed by atoms with Gasteiger partial charge in [0, 0.05) is 11.9 Å². The third kappa shape index (κ3) is 3.88. The highest BCUT2D eigenvalue weighted by atomic mass is 35.5. The van der Waals surface area contributed by atoms with Crippen LogP contribution in [0.25, 0.3) is 0 Å². The number of pyridine rings is 1. The summed E-state index contributed by atoms with van der Waals surface area (Å²) in [6.07, 6.45) is 3.05. The molecule has 0 unspecified atom stereocenters. The standard InChI is InChI=1S/C18H13ClFN3O/c19-16-3-1-2-4-17(16)22-15-9-12(10-21-11-15)18(24)23-14-7-5-13(20)6-8-14/h1-11,22H,(H,23,24). The molecule has 0 aliphatic rings. The van der Waals surface area contributed by atoms with E-state index in [4.69, 9.17) is 11.6 Å². The van der Waals surface area contributed by atoms with Crippen molar-refractivity contribution in [3.63, 3.8) is 0 Å². The van der Waals surface area contributed by atoms with Crippen LogP contribution in [0.2, 0.25) is 5.02 Å². The molecule has 2 aromatic carbocycles. The zero-order valence-corrected chi connectivity index (χ0v) is 13.2. The second kappa shape index (κ2) is 7.10. The van der Waals surface area contributed by atoms with Crippen LogP contribution in [0.15, 0.2) is 67.0 Å². The van der Waals surface area contributed by atoms with Crippen LogP contribution in [0, 0.1) is 5.82 Å². The molecule has 2 N–H and O–H groups in total. The molecule has 0 aliphatic heterocycles. The van der Waals surface area contributed by atoms with E-state index in [9.17, 15) is 9.18 Å². The lowest BCUT2D eigenvalue weighted by Crippen LogP contribution is -2.12. The van der Waals surface area contributed by atoms with Gasteiger partial charge in [-0.15, -0.1) is 0 Å². The first-order chi connectivity index (χ1) is 11.6. The molecule has 4 nitrogen and oxygen atoms in total. The first kappa shape index (κ1) is 16.0. The van der Waals surface area contributed by atoms with Crippen LogP contribution in [0.5, 0.6) is 0 Å². The van der Waals surface area contributed by atoms with E-state index in [1.165, 1.54) is 30.5 Å². The largest absolute Gasteiger partial charge is 0.353 e. The van der Waals surface area contributed by atoms with Gasteiger partial charge in [-0.2, -0.15) is 0 Å². The van der Waals surface area contributed by atoms with Crippen LogP contribution in [0.3, 0.4) is 0 Å². The highest BCUT2D eigenvalue weighted by molar-refractivity contribution is 6.33. The lowest BCUT2D eigenvalue weighted by atomic mass is 10.2. The van der Waals surface area contributed by atoms with Crippen LogP contribution in [0.4, 0.5) is 21.5 Å². The van der Waals surface area contributed by atoms with Crippen molar-refractivity contribution in [2.24, 2.45) is 0 Å². The van der Waals surface area contributed by atoms with E-state index >= 15 is 0 Å². The van der Waals surface area contributed by atoms with Crippen molar-refractivity contribution in [3.8, 4) is 0 Å². The van der Waals surface area contributed by atoms with Gasteiger partial charge in [-0.05, 0) is 42.5 Å². The molecule has 120 valence electrons. The van der Waals surface area contributed by atoms with Crippen molar-refractivity contribution in [2.45, 2.75) is 0 Å². The monoisotopic (exact) mass is 341 g/mol. The average Bonchev–Trinajstić information content (AvgIpc) is 2.59. The van der Waals surface area contributed by atoms with Gasteiger partial charge in [-0.1, -0.05) is 23.7 Å². The Morgan fingerprint density at radius 2 is 1.75 bits per heavy atom. The Bertz CT molecular complexity index is 868. The lowest BCUT2D eigenvalue weighted by Gasteiger charge is -2.10. The topological polar surface area (TPSA) is 54.0 Å². The second-order valence-electron chi connectivity index (χ2n) is 5.03. The highest BCUT2D eigenvalue weighted by Gasteiger charge is 2.08. The number of amides is 1. The molecule has 0 saturated heterocycles. The molecule has 24 heavy (non-hydrogen) atoms. The normalized spacial score (nSPS) is 10.2. The molecule has 0 bridgehead atoms. The van der Waals surface area contributed by atoms with Gasteiger partial charge in [0.1, 0.15) is 5.82 Å². The van der Waals surface area contributed by atoms with E-state index < -0.39 is 0 Å². The van der Waals surface area contributed by atoms with Gasteiger partial charge in [0.05, 0.1) is 28.2 Å². The van der Waals surface area contributed by atoms with E-state index in [0.717, 1.165) is 5.69 Å². The van der Waals surface area contributed by atoms with Crippen molar-refractivity contribution >= 4 is 34.6 Å². The number of rotatable bonds is 4. The summed E-state index contributed by atoms with van der Waals surface area (Å²) >= 11 is 6.10. The summed E-state index contributed by atoms with van der Waals surface area (Å²) < 4.78 is 12.9. The van der Waals surface area contributed by atoms with Crippen molar-refractivity contribution in [1.82, 2.24) is 4.98 Å². The maximum absolute atomic E-state index is 12.9. The lowest BCUT2D eigenvalue weighted by molar-refractivity contribution is 0.102. The predicted octanol–water partition coefficient (Wildman–Crippen LogP) is 4.87. The summed E-state index contributed by atoms with van der Waals surface area (Å²) in [4.78, 5) is 16.3. The molecule has 1 heterocycles. The number of halogens is 2. The number of anilines is 3. The Hall–Kier alpha value is -2.92. The fraction of sp³-hybridized carbons (Fsp3) is 0. The quantitative estimate of drug-likeness (QED) is 0.711. The Kier molecular flexibility index (Phi) is 4.72. The summed E-state index contributed by atoms with van der Waals surface area (Å²) in [5.74, 6) is -0.697. The zero-order chi connectivity index (χ0) is 16.9. The number of aromatic nitrogens is 1. The molecule has 0 aliphatic carbocycles. The number of carbonyl (C=O) groups is 1. The fourth-order valence-electron chi connectivity index (χ4n) is 2.09. The molecule has 3 rings (SSSR count). The van der Waals surface area contributed by atoms with Crippen LogP contribution in [-0.4, -0.2) is 10.9 Å². The minimum Gasteiger partial charge on any atom is -0.353 e. The van der Waals surface area contributed by atoms with E-state index in [-0.39, 0.29) is 11.7 Å². The molecule has 0 fully saturated rings. The molecular formula is C18H13ClFN3O. The fourth-order valence-corrected chi connectivity index (χ4v) is 2.27. The Morgan fingerprint density at radius 3 is 2.50 bits per heavy atom. The smallest absolute Gasteiger partial charge is 0.257 e. The summed E-state index contributed by atoms with van der Waals surface area (Å²) in [5.41, 5.74) is 2.23. The molecular weight excluding hydrogens is 329 g/mol. The van der Waals surface area contributed by atoms with Gasteiger partial charge >= 0.3 is 0 Å². The third-order valence-electron chi connectivity index (χ3n) is 3.26. The number of nitrogens with one attached hydrogen (secondary N) is 2. The van der Waals surface area contributed by atoms with E-state index in [2.05, 4.69) is 15.6 Å². The van der Waals surface area contributed by atoms with Crippen molar-refractivity contribution in [3.05, 3.63) is 83.4 Å². The first-order valence-electron chi connectivity index (χ1n) is 7.15. The van der Waals surface area contributed by atoms with Gasteiger partial charge in [0.15, 0.2) is 0 Å². The van der Waals surface area contributed by atoms with Crippen molar-refractivity contribution < 1.29 is 9.18 Å². The molecule has 6 heteroatoms. The number of carbonyl (C=O) groups excluding carboxylic acids is 1. The first-order valence-corrected chi connectivity index (χ1v) is 7.53. The van der Waals surface area contributed by atoms with Crippen molar-refractivity contribution in [1.29, 1.82) is 0 Å². The van der Waals surface area contributed by atoms with Crippen LogP contribution < -0.4 is 10.6 Å². The predicted molar refractivity (Wildman–Crippen MR) is 93.3 cm³/mol. The molecule has 0 radical (unpaired) electrons. The van der Waals surface area contributed by atoms with Crippen LogP contribution in [-0.2, 0) is 0 Å². The number of para-hydroxylation sites is 1. The Balaban J connectivity index is 1.76. The van der Waals surface area contributed by atoms with Gasteiger partial charge in [0.25, 0.3) is 5.91 Å². The SMILES string of the molecule is O=C(Nc1ccc(F)cc1)c1cncc(Nc2ccccc2Cl)c1. The Morgan fingerprint density at radius 1 is 1.00 bits per heavy atom. The maximum Gasteiger partial charge on any atom is 0.257 e. The summed E-state index contributed by atoms with van der Waals surface area (Å²) in [6.45, 7) is 0. The van der Waals surface area contributed by atoms with Crippen LogP contribution in [0.1, 0.15) is 10.4 Å². The molecule has 0 atom stereocenters. The van der Waals surface area contributed by atoms with E-state index in [1.54, 1.807) is 18.3 Å². The number of hydrogen-bond donors (Lipinski definition) is 2. The van der Waals surface area contributed by atoms with Gasteiger partial charge in [-0.3, -0.25) is 9.78 Å². The second-order valence-corrected chi connectivity index (χ2v) is 5.44. The maximum atomic E-state index is 12.9. The van der Waals surface area contributed by atoms with Gasteiger partial charge in [-0.25, -0.2) is 4.39 Å². The molecule has 0 saturated carbocycles. The average molecular weight is 342 g/mol. The molecule has 1 aromatic heterocycles. The summed E-state index contributed by atoms with van der Waals surface area (Å²) in [5, 5.41) is 6.37. The van der Waals surface area contributed by atoms with Gasteiger partial charge < -0.3 is 10.6 Å². The summed E-state index contributed by atoms with van der Waals surface area (Å²) in [6, 6.07) is 14.5. The molecule has 0 spiro atoms. The molecule has 1 amide bonds. The van der Waals surface area contributed by atoms with Gasteiger partial charge in [0.2, 0.25) is 0 Å². The third-order valence-corrected chi connectivity index (χ3v) is 3.58. The Labute approximate surface area is 143 Å². The number of nitrogens with zero attached hydrogens (tertiary/aromatic N) is 1. The minimum atomic E-state index is -0.361. The summed E-state index contributed by atoms with van der Waals surface area (Å²) in [7, 11) is 0. The highest BCUT2D eigenvalue weighted by Crippen LogP contribution is 2.24. The number of hydrogen-bond acceptors (Lipinski definition) is 3. The van der Waals surface area contributed by atoms with E-state index in [0.29, 0.717) is 22.0 Å². The minimum absolute atomic E-state index is 0.336. The number of benzene rings is 2. The van der Waals surface area contributed by atoms with Crippen LogP contribution >= 0.6 is 11.6 Å². The van der Waals surface area contributed by atoms with Crippen molar-refractivity contribution in [2.75, 3.05) is 10.6 Å². The zero-order valence-electron chi connectivity index (χ0n) is 12.5.